The first-order valence-corrected chi connectivity index (χ1v) is 18.0. The summed E-state index contributed by atoms with van der Waals surface area (Å²) in [4.78, 5) is 54.3. The van der Waals surface area contributed by atoms with Crippen molar-refractivity contribution in [1.29, 1.82) is 0 Å². The highest BCUT2D eigenvalue weighted by Crippen LogP contribution is 2.29. The van der Waals surface area contributed by atoms with Crippen molar-refractivity contribution in [3.63, 3.8) is 0 Å². The van der Waals surface area contributed by atoms with Crippen LogP contribution in [0.25, 0.3) is 0 Å². The summed E-state index contributed by atoms with van der Waals surface area (Å²) < 4.78 is 54.0. The molecule has 2 aromatic rings. The molecule has 1 aliphatic rings. The fraction of sp³-hybridized carbons (Fsp3) is 0.452. The number of anilines is 1. The highest BCUT2D eigenvalue weighted by Gasteiger charge is 2.33. The number of hydrogen-bond donors (Lipinski definition) is 4. The molecule has 48 heavy (non-hydrogen) atoms. The number of sulfonamides is 1. The summed E-state index contributed by atoms with van der Waals surface area (Å²) >= 11 is 1.73. The van der Waals surface area contributed by atoms with Crippen molar-refractivity contribution in [2.45, 2.75) is 69.9 Å². The number of alkyl carbamates (subject to hydrolysis) is 1. The first-order chi connectivity index (χ1) is 22.8. The number of halogens is 2. The number of rotatable bonds is 13. The van der Waals surface area contributed by atoms with Crippen molar-refractivity contribution >= 4 is 68.3 Å². The minimum atomic E-state index is -4.54. The molecular weight excluding hydrogens is 762 g/mol. The minimum Gasteiger partial charge on any atom is -0.443 e. The van der Waals surface area contributed by atoms with Gasteiger partial charge in [-0.25, -0.2) is 22.4 Å². The predicted octanol–water partition coefficient (Wildman–Crippen LogP) is 4.23. The summed E-state index contributed by atoms with van der Waals surface area (Å²) in [6.45, 7) is 4.42. The number of nitrogens with two attached hydrogens (primary N) is 1. The van der Waals surface area contributed by atoms with E-state index >= 15 is 0 Å². The third kappa shape index (κ3) is 12.0. The Hall–Kier alpha value is -3.84. The van der Waals surface area contributed by atoms with Crippen LogP contribution in [0.1, 0.15) is 57.9 Å². The van der Waals surface area contributed by atoms with Gasteiger partial charge in [-0.15, -0.1) is 4.99 Å². The molecule has 1 atom stereocenters. The van der Waals surface area contributed by atoms with Crippen molar-refractivity contribution in [3.05, 3.63) is 57.4 Å². The Morgan fingerprint density at radius 1 is 1.12 bits per heavy atom. The van der Waals surface area contributed by atoms with Gasteiger partial charge >= 0.3 is 18.2 Å². The zero-order valence-corrected chi connectivity index (χ0v) is 29.6. The molecule has 3 rings (SSSR count). The standard InChI is InChI=1S/C31H40FIN6O8S/c1-3-20-12-15-39(16-13-20)28(41)24(38-48(44,45)25-18-22(32)17-23(33)27(25)36-26(40)4-2)11-8-14-35-30(42)47-29(34)37-31(43)46-19-21-9-6-5-7-10-21/h5-7,9-10,17-18,20,24,38H,3-4,8,11-16,19H2,1-2H3,(H,35,42)(H,36,40)(H2,34,37,43). The lowest BCUT2D eigenvalue weighted by Gasteiger charge is -2.34. The molecule has 5 N–H and O–H groups in total. The first-order valence-electron chi connectivity index (χ1n) is 15.4. The van der Waals surface area contributed by atoms with Crippen LogP contribution in [0.15, 0.2) is 52.4 Å². The summed E-state index contributed by atoms with van der Waals surface area (Å²) in [5.41, 5.74) is 6.14. The number of carbonyl (C=O) groups is 4. The molecule has 1 saturated heterocycles. The molecule has 262 valence electrons. The molecule has 0 spiro atoms. The van der Waals surface area contributed by atoms with Crippen molar-refractivity contribution < 1.29 is 41.5 Å². The van der Waals surface area contributed by atoms with E-state index < -0.39 is 56.8 Å². The van der Waals surface area contributed by atoms with E-state index in [9.17, 15) is 32.0 Å². The van der Waals surface area contributed by atoms with E-state index in [4.69, 9.17) is 15.2 Å². The first kappa shape index (κ1) is 38.6. The number of carbonyl (C=O) groups excluding carboxylic acids is 4. The Morgan fingerprint density at radius 3 is 2.46 bits per heavy atom. The molecule has 0 bridgehead atoms. The third-order valence-electron chi connectivity index (χ3n) is 7.54. The number of likely N-dealkylation sites (tertiary alicyclic amines) is 1. The van der Waals surface area contributed by atoms with E-state index in [0.717, 1.165) is 37.0 Å². The van der Waals surface area contributed by atoms with Crippen LogP contribution in [0.4, 0.5) is 19.7 Å². The van der Waals surface area contributed by atoms with Gasteiger partial charge in [-0.3, -0.25) is 9.59 Å². The van der Waals surface area contributed by atoms with Gasteiger partial charge in [0.15, 0.2) is 0 Å². The molecule has 1 unspecified atom stereocenters. The summed E-state index contributed by atoms with van der Waals surface area (Å²) in [5, 5.41) is 4.91. The Morgan fingerprint density at radius 2 is 1.81 bits per heavy atom. The Bertz CT molecular complexity index is 1590. The fourth-order valence-corrected chi connectivity index (χ4v) is 7.19. The van der Waals surface area contributed by atoms with Gasteiger partial charge in [0.05, 0.1) is 5.69 Å². The second-order valence-corrected chi connectivity index (χ2v) is 13.8. The molecule has 1 heterocycles. The number of aliphatic imine (C=N–C) groups is 1. The maximum absolute atomic E-state index is 14.4. The molecule has 0 aliphatic carbocycles. The van der Waals surface area contributed by atoms with E-state index in [1.165, 1.54) is 0 Å². The van der Waals surface area contributed by atoms with E-state index in [2.05, 4.69) is 27.3 Å². The van der Waals surface area contributed by atoms with Gasteiger partial charge in [-0.2, -0.15) is 4.72 Å². The van der Waals surface area contributed by atoms with Crippen molar-refractivity contribution in [3.8, 4) is 0 Å². The number of piperidine rings is 1. The predicted molar refractivity (Wildman–Crippen MR) is 184 cm³/mol. The van der Waals surface area contributed by atoms with Gasteiger partial charge in [0.2, 0.25) is 21.8 Å². The van der Waals surface area contributed by atoms with Gasteiger partial charge < -0.3 is 30.7 Å². The average molecular weight is 803 g/mol. The minimum absolute atomic E-state index is 0.0511. The number of nitrogens with zero attached hydrogens (tertiary/aromatic N) is 2. The molecule has 1 aliphatic heterocycles. The van der Waals surface area contributed by atoms with Gasteiger partial charge in [0.25, 0.3) is 0 Å². The molecule has 4 amide bonds. The van der Waals surface area contributed by atoms with Gasteiger partial charge in [-0.05, 0) is 71.9 Å². The Kier molecular flexibility index (Phi) is 15.0. The number of ether oxygens (including phenoxy) is 2. The number of amides is 4. The zero-order chi connectivity index (χ0) is 35.3. The van der Waals surface area contributed by atoms with Crippen LogP contribution in [-0.2, 0) is 35.7 Å². The fourth-order valence-electron chi connectivity index (χ4n) is 4.87. The molecule has 1 fully saturated rings. The maximum atomic E-state index is 14.4. The number of nitrogens with one attached hydrogen (secondary N) is 3. The quantitative estimate of drug-likeness (QED) is 0.0991. The van der Waals surface area contributed by atoms with Crippen LogP contribution < -0.4 is 21.1 Å². The molecule has 0 radical (unpaired) electrons. The van der Waals surface area contributed by atoms with Crippen LogP contribution in [0.3, 0.4) is 0 Å². The lowest BCUT2D eigenvalue weighted by atomic mass is 9.94. The molecule has 0 aromatic heterocycles. The zero-order valence-electron chi connectivity index (χ0n) is 26.7. The third-order valence-corrected chi connectivity index (χ3v) is 9.88. The summed E-state index contributed by atoms with van der Waals surface area (Å²) in [6.07, 6.45) is 0.518. The van der Waals surface area contributed by atoms with Crippen LogP contribution in [-0.4, -0.2) is 69.0 Å². The second kappa shape index (κ2) is 18.6. The second-order valence-electron chi connectivity index (χ2n) is 11.0. The molecule has 17 heteroatoms. The average Bonchev–Trinajstić information content (AvgIpc) is 3.06. The maximum Gasteiger partial charge on any atom is 0.438 e. The molecule has 14 nitrogen and oxygen atoms in total. The van der Waals surface area contributed by atoms with E-state index in [-0.39, 0.29) is 41.7 Å². The van der Waals surface area contributed by atoms with E-state index in [0.29, 0.717) is 19.0 Å². The van der Waals surface area contributed by atoms with Crippen molar-refractivity contribution in [2.24, 2.45) is 16.6 Å². The molecular formula is C31H40FIN6O8S. The monoisotopic (exact) mass is 802 g/mol. The smallest absolute Gasteiger partial charge is 0.438 e. The van der Waals surface area contributed by atoms with Crippen molar-refractivity contribution in [2.75, 3.05) is 25.0 Å². The van der Waals surface area contributed by atoms with Crippen LogP contribution in [0.5, 0.6) is 0 Å². The van der Waals surface area contributed by atoms with E-state index in [1.54, 1.807) is 64.7 Å². The SMILES string of the molecule is CCC(=O)Nc1c(I)cc(F)cc1S(=O)(=O)NC(CCCNC(=O)OC(N)=NC(=O)OCc1ccccc1)C(=O)N1CCC(CC)CC1. The largest absolute Gasteiger partial charge is 0.443 e. The summed E-state index contributed by atoms with van der Waals surface area (Å²) in [6, 6.07) is 8.68. The van der Waals surface area contributed by atoms with Crippen LogP contribution in [0.2, 0.25) is 0 Å². The highest BCUT2D eigenvalue weighted by molar-refractivity contribution is 14.1. The normalized spacial score (nSPS) is 14.6. The van der Waals surface area contributed by atoms with Gasteiger partial charge in [-0.1, -0.05) is 50.6 Å². The van der Waals surface area contributed by atoms with Gasteiger partial charge in [0.1, 0.15) is 23.4 Å². The van der Waals surface area contributed by atoms with Crippen molar-refractivity contribution in [1.82, 2.24) is 14.9 Å². The van der Waals surface area contributed by atoms with E-state index in [1.807, 2.05) is 0 Å². The highest BCUT2D eigenvalue weighted by atomic mass is 127. The molecule has 0 saturated carbocycles. The summed E-state index contributed by atoms with van der Waals surface area (Å²) in [5.74, 6) is -1.32. The Labute approximate surface area is 292 Å². The van der Waals surface area contributed by atoms with Crippen LogP contribution in [0, 0.1) is 15.3 Å². The summed E-state index contributed by atoms with van der Waals surface area (Å²) in [7, 11) is -4.54. The lowest BCUT2D eigenvalue weighted by Crippen LogP contribution is -2.51. The lowest BCUT2D eigenvalue weighted by molar-refractivity contribution is -0.134. The number of amidine groups is 1. The topological polar surface area (TPSA) is 199 Å². The number of benzene rings is 2. The number of hydrogen-bond acceptors (Lipinski definition) is 8. The van der Waals surface area contributed by atoms with Crippen LogP contribution >= 0.6 is 22.6 Å². The molecule has 2 aromatic carbocycles. The van der Waals surface area contributed by atoms with Gasteiger partial charge in [0, 0.05) is 29.6 Å². The Balaban J connectivity index is 1.66.